The number of hydrogen-bond acceptors (Lipinski definition) is 3. The summed E-state index contributed by atoms with van der Waals surface area (Å²) in [4.78, 5) is 0. The molecule has 0 saturated carbocycles. The summed E-state index contributed by atoms with van der Waals surface area (Å²) in [6, 6.07) is 0. The SMILES string of the molecule is C=CC(CCCCCCCC)C(C)(C)OCCCCCCCCCC.NN. The molecule has 0 aromatic carbocycles. The van der Waals surface area contributed by atoms with Crippen LogP contribution in [0.5, 0.6) is 0 Å². The van der Waals surface area contributed by atoms with E-state index in [1.54, 1.807) is 0 Å². The highest BCUT2D eigenvalue weighted by molar-refractivity contribution is 4.91. The Balaban J connectivity index is 0. The lowest BCUT2D eigenvalue weighted by Gasteiger charge is -2.33. The van der Waals surface area contributed by atoms with Gasteiger partial charge >= 0.3 is 0 Å². The molecule has 0 aromatic rings. The predicted molar refractivity (Wildman–Crippen MR) is 123 cm³/mol. The molecule has 1 atom stereocenters. The van der Waals surface area contributed by atoms with Crippen molar-refractivity contribution in [2.24, 2.45) is 17.6 Å². The first-order chi connectivity index (χ1) is 13.1. The lowest BCUT2D eigenvalue weighted by molar-refractivity contribution is -0.0508. The number of rotatable bonds is 19. The fourth-order valence-electron chi connectivity index (χ4n) is 3.57. The minimum Gasteiger partial charge on any atom is -0.375 e. The number of unbranched alkanes of at least 4 members (excludes halogenated alkanes) is 12. The largest absolute Gasteiger partial charge is 0.375 e. The van der Waals surface area contributed by atoms with Crippen LogP contribution in [0, 0.1) is 5.92 Å². The van der Waals surface area contributed by atoms with E-state index in [1.165, 1.54) is 96.3 Å². The molecule has 0 aliphatic rings. The van der Waals surface area contributed by atoms with Crippen LogP contribution >= 0.6 is 0 Å². The van der Waals surface area contributed by atoms with Gasteiger partial charge in [-0.3, -0.25) is 11.7 Å². The maximum Gasteiger partial charge on any atom is 0.0688 e. The van der Waals surface area contributed by atoms with Crippen molar-refractivity contribution in [1.82, 2.24) is 0 Å². The summed E-state index contributed by atoms with van der Waals surface area (Å²) < 4.78 is 6.25. The van der Waals surface area contributed by atoms with Crippen LogP contribution in [0.1, 0.15) is 124 Å². The molecule has 0 heterocycles. The maximum atomic E-state index is 6.25. The van der Waals surface area contributed by atoms with E-state index in [2.05, 4.69) is 52.0 Å². The van der Waals surface area contributed by atoms with Gasteiger partial charge in [0.2, 0.25) is 0 Å². The summed E-state index contributed by atoms with van der Waals surface area (Å²) in [5.41, 5.74) is -0.0632. The van der Waals surface area contributed by atoms with Crippen LogP contribution in [0.2, 0.25) is 0 Å². The van der Waals surface area contributed by atoms with E-state index in [0.717, 1.165) is 6.61 Å². The summed E-state index contributed by atoms with van der Waals surface area (Å²) in [6.07, 6.45) is 22.4. The van der Waals surface area contributed by atoms with Crippen molar-refractivity contribution in [1.29, 1.82) is 0 Å². The van der Waals surface area contributed by atoms with Crippen LogP contribution in [0.25, 0.3) is 0 Å². The molecule has 164 valence electrons. The lowest BCUT2D eigenvalue weighted by Crippen LogP contribution is -2.33. The van der Waals surface area contributed by atoms with Crippen LogP contribution < -0.4 is 11.7 Å². The van der Waals surface area contributed by atoms with Crippen molar-refractivity contribution in [2.45, 2.75) is 130 Å². The third kappa shape index (κ3) is 18.7. The highest BCUT2D eigenvalue weighted by atomic mass is 16.5. The molecular weight excluding hydrogens is 332 g/mol. The number of hydrogen-bond donors (Lipinski definition) is 2. The van der Waals surface area contributed by atoms with Crippen LogP contribution in [0.3, 0.4) is 0 Å². The van der Waals surface area contributed by atoms with Gasteiger partial charge in [-0.25, -0.2) is 0 Å². The van der Waals surface area contributed by atoms with E-state index >= 15 is 0 Å². The quantitative estimate of drug-likeness (QED) is 0.106. The Hall–Kier alpha value is -0.380. The van der Waals surface area contributed by atoms with Gasteiger partial charge in [0.05, 0.1) is 5.60 Å². The van der Waals surface area contributed by atoms with E-state index in [-0.39, 0.29) is 5.60 Å². The van der Waals surface area contributed by atoms with Crippen molar-refractivity contribution < 1.29 is 4.74 Å². The van der Waals surface area contributed by atoms with Gasteiger partial charge in [0.15, 0.2) is 0 Å². The molecule has 0 radical (unpaired) electrons. The molecule has 4 N–H and O–H groups in total. The summed E-state index contributed by atoms with van der Waals surface area (Å²) >= 11 is 0. The third-order valence-corrected chi connectivity index (χ3v) is 5.52. The van der Waals surface area contributed by atoms with Gasteiger partial charge in [-0.1, -0.05) is 103 Å². The molecule has 0 aliphatic carbocycles. The normalized spacial score (nSPS) is 12.4. The van der Waals surface area contributed by atoms with Gasteiger partial charge in [0, 0.05) is 12.5 Å². The van der Waals surface area contributed by atoms with Gasteiger partial charge in [-0.05, 0) is 26.7 Å². The van der Waals surface area contributed by atoms with Crippen LogP contribution in [0.15, 0.2) is 12.7 Å². The number of ether oxygens (including phenoxy) is 1. The second-order valence-corrected chi connectivity index (χ2v) is 8.33. The highest BCUT2D eigenvalue weighted by Crippen LogP contribution is 2.28. The van der Waals surface area contributed by atoms with E-state index < -0.39 is 0 Å². The Morgan fingerprint density at radius 2 is 1.15 bits per heavy atom. The van der Waals surface area contributed by atoms with Crippen molar-refractivity contribution >= 4 is 0 Å². The fourth-order valence-corrected chi connectivity index (χ4v) is 3.57. The number of nitrogens with two attached hydrogens (primary N) is 2. The minimum atomic E-state index is -0.0632. The molecule has 3 nitrogen and oxygen atoms in total. The summed E-state index contributed by atoms with van der Waals surface area (Å²) in [6.45, 7) is 14.0. The molecule has 0 amide bonds. The van der Waals surface area contributed by atoms with Gasteiger partial charge in [-0.2, -0.15) is 0 Å². The monoisotopic (exact) mass is 384 g/mol. The second-order valence-electron chi connectivity index (χ2n) is 8.33. The Labute approximate surface area is 171 Å². The van der Waals surface area contributed by atoms with Gasteiger partial charge < -0.3 is 4.74 Å². The van der Waals surface area contributed by atoms with Gasteiger partial charge in [-0.15, -0.1) is 6.58 Å². The zero-order chi connectivity index (χ0) is 20.8. The molecule has 0 bridgehead atoms. The smallest absolute Gasteiger partial charge is 0.0688 e. The standard InChI is InChI=1S/C24H48O.H4N2/c1-6-9-11-13-15-16-18-20-22-25-24(4,5)23(8-3)21-19-17-14-12-10-7-2;1-2/h8,23H,3,6-7,9-22H2,1-2,4-5H3;1-2H2. The third-order valence-electron chi connectivity index (χ3n) is 5.52. The lowest BCUT2D eigenvalue weighted by atomic mass is 9.86. The molecule has 0 spiro atoms. The van der Waals surface area contributed by atoms with Crippen molar-refractivity contribution in [3.63, 3.8) is 0 Å². The molecule has 3 heteroatoms. The molecule has 0 rings (SSSR count). The molecular formula is C24H52N2O. The highest BCUT2D eigenvalue weighted by Gasteiger charge is 2.27. The Morgan fingerprint density at radius 1 is 0.741 bits per heavy atom. The minimum absolute atomic E-state index is 0.0632. The first-order valence-corrected chi connectivity index (χ1v) is 11.7. The van der Waals surface area contributed by atoms with Crippen LogP contribution in [-0.4, -0.2) is 12.2 Å². The average Bonchev–Trinajstić information content (AvgIpc) is 2.67. The first kappa shape index (κ1) is 28.8. The predicted octanol–water partition coefficient (Wildman–Crippen LogP) is 7.29. The fraction of sp³-hybridized carbons (Fsp3) is 0.917. The van der Waals surface area contributed by atoms with Crippen molar-refractivity contribution in [2.75, 3.05) is 6.61 Å². The van der Waals surface area contributed by atoms with E-state index in [0.29, 0.717) is 5.92 Å². The average molecular weight is 385 g/mol. The van der Waals surface area contributed by atoms with Gasteiger partial charge in [0.25, 0.3) is 0 Å². The van der Waals surface area contributed by atoms with E-state index in [9.17, 15) is 0 Å². The summed E-state index contributed by atoms with van der Waals surface area (Å²) in [5, 5.41) is 0. The van der Waals surface area contributed by atoms with Crippen molar-refractivity contribution in [3.05, 3.63) is 12.7 Å². The molecule has 0 aliphatic heterocycles. The zero-order valence-corrected chi connectivity index (χ0v) is 19.2. The Kier molecular flexibility index (Phi) is 23.4. The number of hydrazine groups is 1. The van der Waals surface area contributed by atoms with Gasteiger partial charge in [0.1, 0.15) is 0 Å². The first-order valence-electron chi connectivity index (χ1n) is 11.7. The summed E-state index contributed by atoms with van der Waals surface area (Å²) in [5.74, 6) is 8.48. The Bertz CT molecular complexity index is 292. The molecule has 0 saturated heterocycles. The van der Waals surface area contributed by atoms with E-state index in [1.807, 2.05) is 0 Å². The summed E-state index contributed by atoms with van der Waals surface area (Å²) in [7, 11) is 0. The maximum absolute atomic E-state index is 6.25. The molecule has 1 unspecified atom stereocenters. The topological polar surface area (TPSA) is 61.3 Å². The zero-order valence-electron chi connectivity index (χ0n) is 19.2. The Morgan fingerprint density at radius 3 is 1.59 bits per heavy atom. The van der Waals surface area contributed by atoms with Crippen LogP contribution in [-0.2, 0) is 4.74 Å². The van der Waals surface area contributed by atoms with Crippen molar-refractivity contribution in [3.8, 4) is 0 Å². The molecule has 0 aromatic heterocycles. The second kappa shape index (κ2) is 21.9. The van der Waals surface area contributed by atoms with E-state index in [4.69, 9.17) is 4.74 Å². The molecule has 27 heavy (non-hydrogen) atoms. The van der Waals surface area contributed by atoms with Crippen LogP contribution in [0.4, 0.5) is 0 Å². The molecule has 0 fully saturated rings.